The van der Waals surface area contributed by atoms with Gasteiger partial charge in [0.2, 0.25) is 5.82 Å². The van der Waals surface area contributed by atoms with Gasteiger partial charge in [-0.2, -0.15) is 4.98 Å². The fourth-order valence-corrected chi connectivity index (χ4v) is 3.56. The average molecular weight is 452 g/mol. The fourth-order valence-electron chi connectivity index (χ4n) is 3.56. The van der Waals surface area contributed by atoms with Gasteiger partial charge in [-0.05, 0) is 29.0 Å². The molecule has 0 saturated carbocycles. The van der Waals surface area contributed by atoms with E-state index in [1.165, 1.54) is 0 Å². The molecular weight excluding hydrogens is 436 g/mol. The first kappa shape index (κ1) is 20.8. The highest BCUT2D eigenvalue weighted by Crippen LogP contribution is 2.35. The van der Waals surface area contributed by atoms with Crippen molar-refractivity contribution in [1.29, 1.82) is 0 Å². The smallest absolute Gasteiger partial charge is 0.374 e. The summed E-state index contributed by atoms with van der Waals surface area (Å²) < 4.78 is 5.77. The zero-order chi connectivity index (χ0) is 23.5. The summed E-state index contributed by atoms with van der Waals surface area (Å²) in [4.78, 5) is 36.1. The number of nitrogens with one attached hydrogen (secondary N) is 2. The second-order valence-electron chi connectivity index (χ2n) is 7.17. The minimum Gasteiger partial charge on any atom is -0.431 e. The molecule has 2 N–H and O–H groups in total. The van der Waals surface area contributed by atoms with Crippen molar-refractivity contribution in [2.75, 3.05) is 5.43 Å². The number of carbonyl (C=O) groups excluding carboxylic acids is 1. The molecule has 10 nitrogen and oxygen atoms in total. The van der Waals surface area contributed by atoms with E-state index in [1.54, 1.807) is 36.5 Å². The van der Waals surface area contributed by atoms with Crippen molar-refractivity contribution >= 4 is 39.1 Å². The third kappa shape index (κ3) is 3.91. The third-order valence-electron chi connectivity index (χ3n) is 5.10. The van der Waals surface area contributed by atoms with Gasteiger partial charge in [-0.25, -0.2) is 4.98 Å². The Bertz CT molecular complexity index is 1550. The van der Waals surface area contributed by atoms with Gasteiger partial charge in [0.1, 0.15) is 11.8 Å². The summed E-state index contributed by atoms with van der Waals surface area (Å²) in [5.74, 6) is -0.701. The van der Waals surface area contributed by atoms with Gasteiger partial charge in [0.15, 0.2) is 5.75 Å². The predicted molar refractivity (Wildman–Crippen MR) is 126 cm³/mol. The van der Waals surface area contributed by atoms with E-state index in [2.05, 4.69) is 25.8 Å². The number of nitrogens with zero attached hydrogens (tertiary/aromatic N) is 4. The first-order valence-corrected chi connectivity index (χ1v) is 10.2. The van der Waals surface area contributed by atoms with E-state index < -0.39 is 16.5 Å². The Morgan fingerprint density at radius 2 is 1.65 bits per heavy atom. The lowest BCUT2D eigenvalue weighted by molar-refractivity contribution is -0.385. The fraction of sp³-hybridized carbons (Fsp3) is 0. The molecule has 2 heterocycles. The Labute approximate surface area is 192 Å². The Morgan fingerprint density at radius 1 is 0.882 bits per heavy atom. The highest BCUT2D eigenvalue weighted by molar-refractivity contribution is 6.07. The second kappa shape index (κ2) is 8.79. The van der Waals surface area contributed by atoms with Crippen LogP contribution in [-0.2, 0) is 0 Å². The molecule has 0 unspecified atom stereocenters. The van der Waals surface area contributed by atoms with Gasteiger partial charge in [0.25, 0.3) is 5.91 Å². The average Bonchev–Trinajstić information content (AvgIpc) is 2.87. The van der Waals surface area contributed by atoms with Crippen molar-refractivity contribution in [1.82, 2.24) is 20.4 Å². The Hall–Kier alpha value is -5.12. The highest BCUT2D eigenvalue weighted by Gasteiger charge is 2.26. The van der Waals surface area contributed by atoms with Crippen molar-refractivity contribution < 1.29 is 14.5 Å². The van der Waals surface area contributed by atoms with Crippen molar-refractivity contribution in [2.45, 2.75) is 0 Å². The van der Waals surface area contributed by atoms with Crippen molar-refractivity contribution in [3.8, 4) is 11.6 Å². The van der Waals surface area contributed by atoms with Crippen LogP contribution in [0, 0.1) is 10.1 Å². The zero-order valence-electron chi connectivity index (χ0n) is 17.5. The maximum absolute atomic E-state index is 12.8. The highest BCUT2D eigenvalue weighted by atomic mass is 16.6. The lowest BCUT2D eigenvalue weighted by Crippen LogP contribution is -2.30. The molecular formula is C24H16N6O4. The second-order valence-corrected chi connectivity index (χ2v) is 7.17. The number of hydrogen-bond acceptors (Lipinski definition) is 8. The van der Waals surface area contributed by atoms with Gasteiger partial charge in [0, 0.05) is 17.1 Å². The molecule has 0 bridgehead atoms. The van der Waals surface area contributed by atoms with Crippen LogP contribution in [-0.4, -0.2) is 25.8 Å². The Kier molecular flexibility index (Phi) is 5.37. The van der Waals surface area contributed by atoms with Crippen LogP contribution in [0.3, 0.4) is 0 Å². The molecule has 166 valence electrons. The molecule has 0 fully saturated rings. The number of rotatable bonds is 6. The molecule has 0 aliphatic carbocycles. The topological polar surface area (TPSA) is 132 Å². The molecule has 5 rings (SSSR count). The molecule has 1 amide bonds. The monoisotopic (exact) mass is 452 g/mol. The Balaban J connectivity index is 1.44. The van der Waals surface area contributed by atoms with Crippen LogP contribution in [0.1, 0.15) is 10.4 Å². The molecule has 10 heteroatoms. The van der Waals surface area contributed by atoms with Gasteiger partial charge >= 0.3 is 11.6 Å². The number of pyridine rings is 1. The van der Waals surface area contributed by atoms with E-state index in [9.17, 15) is 14.9 Å². The number of para-hydroxylation sites is 1. The molecule has 0 saturated heterocycles. The number of hydrazine groups is 1. The standard InChI is InChI=1S/C24H16N6O4/c31-23(18-11-3-7-15-6-1-2-10-17(15)18)29-28-22-21(30(32)33)24(27-14-26-22)34-19-12-4-8-16-9-5-13-25-20(16)19/h1-14H,(H,29,31)(H,26,27,28). The summed E-state index contributed by atoms with van der Waals surface area (Å²) in [7, 11) is 0. The predicted octanol–water partition coefficient (Wildman–Crippen LogP) is 4.64. The van der Waals surface area contributed by atoms with Gasteiger partial charge in [0.05, 0.1) is 4.92 Å². The first-order chi connectivity index (χ1) is 16.6. The normalized spacial score (nSPS) is 10.7. The molecule has 0 radical (unpaired) electrons. The minimum absolute atomic E-state index is 0.225. The summed E-state index contributed by atoms with van der Waals surface area (Å²) in [5, 5.41) is 14.3. The number of nitro groups is 1. The quantitative estimate of drug-likeness (QED) is 0.281. The number of benzene rings is 3. The van der Waals surface area contributed by atoms with Crippen LogP contribution in [0.4, 0.5) is 11.5 Å². The van der Waals surface area contributed by atoms with Gasteiger partial charge in [-0.3, -0.25) is 30.7 Å². The largest absolute Gasteiger partial charge is 0.431 e. The van der Waals surface area contributed by atoms with E-state index in [1.807, 2.05) is 42.5 Å². The van der Waals surface area contributed by atoms with Crippen LogP contribution in [0.15, 0.2) is 85.3 Å². The van der Waals surface area contributed by atoms with E-state index in [0.29, 0.717) is 16.8 Å². The first-order valence-electron chi connectivity index (χ1n) is 10.2. The molecule has 0 atom stereocenters. The van der Waals surface area contributed by atoms with E-state index in [4.69, 9.17) is 4.74 Å². The van der Waals surface area contributed by atoms with Gasteiger partial charge in [-0.15, -0.1) is 0 Å². The molecule has 34 heavy (non-hydrogen) atoms. The van der Waals surface area contributed by atoms with E-state index in [-0.39, 0.29) is 11.7 Å². The molecule has 0 aliphatic rings. The summed E-state index contributed by atoms with van der Waals surface area (Å²) in [6, 6.07) is 21.6. The SMILES string of the molecule is O=C(NNc1ncnc(Oc2cccc3cccnc23)c1[N+](=O)[O-])c1cccc2ccccc12. The van der Waals surface area contributed by atoms with E-state index in [0.717, 1.165) is 22.5 Å². The summed E-state index contributed by atoms with van der Waals surface area (Å²) in [6.07, 6.45) is 2.70. The minimum atomic E-state index is -0.680. The summed E-state index contributed by atoms with van der Waals surface area (Å²) in [5.41, 5.74) is 5.40. The molecule has 3 aromatic carbocycles. The number of carbonyl (C=O) groups is 1. The van der Waals surface area contributed by atoms with Crippen LogP contribution >= 0.6 is 0 Å². The molecule has 2 aromatic heterocycles. The number of ether oxygens (including phenoxy) is 1. The maximum atomic E-state index is 12.8. The maximum Gasteiger partial charge on any atom is 0.374 e. The zero-order valence-corrected chi connectivity index (χ0v) is 17.5. The number of anilines is 1. The molecule has 5 aromatic rings. The van der Waals surface area contributed by atoms with Crippen LogP contribution in [0.25, 0.3) is 21.7 Å². The molecule has 0 aliphatic heterocycles. The number of fused-ring (bicyclic) bond motifs is 2. The van der Waals surface area contributed by atoms with Crippen molar-refractivity contribution in [3.05, 3.63) is 101 Å². The molecule has 0 spiro atoms. The van der Waals surface area contributed by atoms with Crippen LogP contribution in [0.2, 0.25) is 0 Å². The Morgan fingerprint density at radius 3 is 2.53 bits per heavy atom. The third-order valence-corrected chi connectivity index (χ3v) is 5.10. The lowest BCUT2D eigenvalue weighted by atomic mass is 10.0. The summed E-state index contributed by atoms with van der Waals surface area (Å²) in [6.45, 7) is 0. The van der Waals surface area contributed by atoms with Crippen LogP contribution in [0.5, 0.6) is 11.6 Å². The van der Waals surface area contributed by atoms with Gasteiger partial charge in [-0.1, -0.05) is 54.6 Å². The van der Waals surface area contributed by atoms with Crippen LogP contribution < -0.4 is 15.6 Å². The van der Waals surface area contributed by atoms with Crippen molar-refractivity contribution in [3.63, 3.8) is 0 Å². The number of amides is 1. The number of hydrogen-bond donors (Lipinski definition) is 2. The van der Waals surface area contributed by atoms with Gasteiger partial charge < -0.3 is 4.74 Å². The lowest BCUT2D eigenvalue weighted by Gasteiger charge is -2.12. The van der Waals surface area contributed by atoms with Crippen molar-refractivity contribution in [2.24, 2.45) is 0 Å². The number of aromatic nitrogens is 3. The summed E-state index contributed by atoms with van der Waals surface area (Å²) >= 11 is 0. The van der Waals surface area contributed by atoms with E-state index >= 15 is 0 Å².